The molecule has 0 saturated carbocycles. The van der Waals surface area contributed by atoms with Crippen LogP contribution in [0.25, 0.3) is 0 Å². The molecule has 8 nitrogen and oxygen atoms in total. The van der Waals surface area contributed by atoms with E-state index >= 15 is 0 Å². The number of pyridine rings is 1. The second-order valence-corrected chi connectivity index (χ2v) is 8.54. The zero-order chi connectivity index (χ0) is 21.1. The highest BCUT2D eigenvalue weighted by Gasteiger charge is 2.33. The lowest BCUT2D eigenvalue weighted by Crippen LogP contribution is -2.51. The van der Waals surface area contributed by atoms with Gasteiger partial charge >= 0.3 is 6.03 Å². The van der Waals surface area contributed by atoms with Crippen LogP contribution in [0.1, 0.15) is 29.4 Å². The summed E-state index contributed by atoms with van der Waals surface area (Å²) in [6, 6.07) is 5.26. The number of piperidine rings is 1. The van der Waals surface area contributed by atoms with E-state index in [1.807, 2.05) is 32.0 Å². The molecule has 1 aliphatic heterocycles. The molecule has 30 heavy (non-hydrogen) atoms. The molecule has 2 amide bonds. The quantitative estimate of drug-likeness (QED) is 0.637. The summed E-state index contributed by atoms with van der Waals surface area (Å²) >= 11 is 7.29. The van der Waals surface area contributed by atoms with Gasteiger partial charge in [-0.3, -0.25) is 15.3 Å². The van der Waals surface area contributed by atoms with Gasteiger partial charge < -0.3 is 10.2 Å². The number of carbonyl (C=O) groups excluding carboxylic acids is 1. The zero-order valence-corrected chi connectivity index (χ0v) is 18.2. The minimum atomic E-state index is -0.244. The summed E-state index contributed by atoms with van der Waals surface area (Å²) in [7, 11) is 0. The Morgan fingerprint density at radius 3 is 2.70 bits per heavy atom. The van der Waals surface area contributed by atoms with E-state index in [1.54, 1.807) is 18.6 Å². The fraction of sp³-hybridized carbons (Fsp3) is 0.350. The number of hydrogen-bond acceptors (Lipinski definition) is 7. The van der Waals surface area contributed by atoms with E-state index in [4.69, 9.17) is 11.6 Å². The van der Waals surface area contributed by atoms with Gasteiger partial charge in [-0.05, 0) is 50.0 Å². The second kappa shape index (κ2) is 8.93. The minimum absolute atomic E-state index is 0.0203. The Kier molecular flexibility index (Phi) is 6.10. The maximum atomic E-state index is 12.6. The average molecular weight is 444 g/mol. The Labute approximate surface area is 183 Å². The molecule has 2 N–H and O–H groups in total. The van der Waals surface area contributed by atoms with E-state index < -0.39 is 0 Å². The fourth-order valence-corrected chi connectivity index (χ4v) is 4.30. The number of aromatic nitrogens is 4. The van der Waals surface area contributed by atoms with E-state index in [0.717, 1.165) is 40.9 Å². The summed E-state index contributed by atoms with van der Waals surface area (Å²) in [5.74, 6) is 0.802. The number of aryl methyl sites for hydroxylation is 2. The van der Waals surface area contributed by atoms with Crippen LogP contribution in [0.4, 0.5) is 15.6 Å². The Hall–Kier alpha value is -2.78. The van der Waals surface area contributed by atoms with Crippen molar-refractivity contribution in [3.8, 4) is 0 Å². The van der Waals surface area contributed by atoms with Crippen molar-refractivity contribution in [3.63, 3.8) is 0 Å². The molecule has 0 bridgehead atoms. The molecule has 0 aliphatic carbocycles. The highest BCUT2D eigenvalue weighted by atomic mass is 35.5. The molecule has 10 heteroatoms. The van der Waals surface area contributed by atoms with Gasteiger partial charge in [-0.25, -0.2) is 9.78 Å². The SMILES string of the molecule is Cc1cnc(N2CCC(NC(=O)Nc3cc(C)ns3)C(c3ccc(Cl)cn3)C2)cn1. The molecular formula is C20H22ClN7OS. The van der Waals surface area contributed by atoms with Gasteiger partial charge in [0, 0.05) is 36.9 Å². The van der Waals surface area contributed by atoms with E-state index in [1.165, 1.54) is 11.5 Å². The summed E-state index contributed by atoms with van der Waals surface area (Å²) < 4.78 is 4.19. The number of carbonyl (C=O) groups is 1. The van der Waals surface area contributed by atoms with Crippen LogP contribution >= 0.6 is 23.1 Å². The van der Waals surface area contributed by atoms with Gasteiger partial charge in [0.2, 0.25) is 0 Å². The molecule has 2 atom stereocenters. The Balaban J connectivity index is 1.52. The summed E-state index contributed by atoms with van der Waals surface area (Å²) in [6.45, 7) is 5.23. The van der Waals surface area contributed by atoms with Crippen molar-refractivity contribution >= 4 is 40.0 Å². The maximum absolute atomic E-state index is 12.6. The van der Waals surface area contributed by atoms with Crippen LogP contribution in [0, 0.1) is 13.8 Å². The van der Waals surface area contributed by atoms with Gasteiger partial charge in [-0.15, -0.1) is 0 Å². The monoisotopic (exact) mass is 443 g/mol. The van der Waals surface area contributed by atoms with Crippen molar-refractivity contribution < 1.29 is 4.79 Å². The van der Waals surface area contributed by atoms with Crippen LogP contribution < -0.4 is 15.5 Å². The van der Waals surface area contributed by atoms with Crippen LogP contribution in [0.15, 0.2) is 36.8 Å². The smallest absolute Gasteiger partial charge is 0.320 e. The van der Waals surface area contributed by atoms with Crippen molar-refractivity contribution in [2.75, 3.05) is 23.3 Å². The van der Waals surface area contributed by atoms with Gasteiger partial charge in [0.25, 0.3) is 0 Å². The molecule has 4 rings (SSSR count). The second-order valence-electron chi connectivity index (χ2n) is 7.30. The first-order valence-electron chi connectivity index (χ1n) is 9.64. The van der Waals surface area contributed by atoms with Gasteiger partial charge in [0.1, 0.15) is 10.8 Å². The Morgan fingerprint density at radius 1 is 1.17 bits per heavy atom. The number of hydrogen-bond donors (Lipinski definition) is 2. The molecule has 1 aliphatic rings. The molecule has 0 radical (unpaired) electrons. The number of urea groups is 1. The van der Waals surface area contributed by atoms with Crippen LogP contribution in [-0.2, 0) is 0 Å². The molecule has 0 spiro atoms. The van der Waals surface area contributed by atoms with Gasteiger partial charge in [-0.1, -0.05) is 11.6 Å². The van der Waals surface area contributed by atoms with Crippen LogP contribution in [0.2, 0.25) is 5.02 Å². The number of nitrogens with zero attached hydrogens (tertiary/aromatic N) is 5. The van der Waals surface area contributed by atoms with Crippen molar-refractivity contribution in [1.29, 1.82) is 0 Å². The van der Waals surface area contributed by atoms with Crippen molar-refractivity contribution in [2.24, 2.45) is 0 Å². The first kappa shape index (κ1) is 20.5. The van der Waals surface area contributed by atoms with Gasteiger partial charge in [-0.2, -0.15) is 4.37 Å². The summed E-state index contributed by atoms with van der Waals surface area (Å²) in [5, 5.41) is 7.29. The topological polar surface area (TPSA) is 95.9 Å². The third-order valence-electron chi connectivity index (χ3n) is 5.02. The summed E-state index contributed by atoms with van der Waals surface area (Å²) in [4.78, 5) is 28.1. The number of anilines is 2. The van der Waals surface area contributed by atoms with Crippen LogP contribution in [-0.4, -0.2) is 44.5 Å². The van der Waals surface area contributed by atoms with Crippen LogP contribution in [0.5, 0.6) is 0 Å². The lowest BCUT2D eigenvalue weighted by Gasteiger charge is -2.39. The van der Waals surface area contributed by atoms with E-state index in [0.29, 0.717) is 11.6 Å². The van der Waals surface area contributed by atoms with E-state index in [9.17, 15) is 4.79 Å². The fourth-order valence-electron chi connectivity index (χ4n) is 3.53. The molecular weight excluding hydrogens is 422 g/mol. The van der Waals surface area contributed by atoms with Crippen molar-refractivity contribution in [2.45, 2.75) is 32.2 Å². The molecule has 156 valence electrons. The minimum Gasteiger partial charge on any atom is -0.355 e. The molecule has 3 aromatic heterocycles. The first-order valence-corrected chi connectivity index (χ1v) is 10.8. The predicted octanol–water partition coefficient (Wildman–Crippen LogP) is 3.78. The third-order valence-corrected chi connectivity index (χ3v) is 6.03. The molecule has 2 unspecified atom stereocenters. The van der Waals surface area contributed by atoms with Gasteiger partial charge in [0.05, 0.1) is 28.8 Å². The molecule has 3 aromatic rings. The van der Waals surface area contributed by atoms with Crippen LogP contribution in [0.3, 0.4) is 0 Å². The number of rotatable bonds is 4. The normalized spacial score (nSPS) is 18.8. The standard InChI is InChI=1S/C20H22ClN7OS/c1-12-7-19(30-27-12)26-20(29)25-17-5-6-28(18-10-22-13(2)8-24-18)11-15(17)16-4-3-14(21)9-23-16/h3-4,7-10,15,17H,5-6,11H2,1-2H3,(H2,25,26,29). The molecule has 0 aromatic carbocycles. The first-order chi connectivity index (χ1) is 14.5. The molecule has 1 fully saturated rings. The summed E-state index contributed by atoms with van der Waals surface area (Å²) in [5.41, 5.74) is 2.63. The molecule has 1 saturated heterocycles. The average Bonchev–Trinajstić information content (AvgIpc) is 3.14. The number of nitrogens with one attached hydrogen (secondary N) is 2. The third kappa shape index (κ3) is 4.85. The highest BCUT2D eigenvalue weighted by Crippen LogP contribution is 2.29. The number of amides is 2. The zero-order valence-electron chi connectivity index (χ0n) is 16.7. The predicted molar refractivity (Wildman–Crippen MR) is 118 cm³/mol. The largest absolute Gasteiger partial charge is 0.355 e. The Morgan fingerprint density at radius 2 is 2.03 bits per heavy atom. The number of halogens is 1. The van der Waals surface area contributed by atoms with E-state index in [-0.39, 0.29) is 18.0 Å². The van der Waals surface area contributed by atoms with Crippen molar-refractivity contribution in [3.05, 3.63) is 58.9 Å². The van der Waals surface area contributed by atoms with Crippen molar-refractivity contribution in [1.82, 2.24) is 24.6 Å². The van der Waals surface area contributed by atoms with E-state index in [2.05, 4.69) is 34.9 Å². The Bertz CT molecular complexity index is 1010. The molecule has 4 heterocycles. The summed E-state index contributed by atoms with van der Waals surface area (Å²) in [6.07, 6.45) is 5.94. The maximum Gasteiger partial charge on any atom is 0.320 e. The lowest BCUT2D eigenvalue weighted by molar-refractivity contribution is 0.243. The van der Waals surface area contributed by atoms with Gasteiger partial charge in [0.15, 0.2) is 0 Å². The highest BCUT2D eigenvalue weighted by molar-refractivity contribution is 7.10. The lowest BCUT2D eigenvalue weighted by atomic mass is 9.89.